The first-order valence-corrected chi connectivity index (χ1v) is 17.1. The van der Waals surface area contributed by atoms with Gasteiger partial charge in [0.15, 0.2) is 0 Å². The highest BCUT2D eigenvalue weighted by molar-refractivity contribution is 8.22. The van der Waals surface area contributed by atoms with Crippen molar-refractivity contribution in [3.63, 3.8) is 0 Å². The number of benzene rings is 5. The maximum Gasteiger partial charge on any atom is 0.104 e. The number of aryl methyl sites for hydroxylation is 2. The van der Waals surface area contributed by atoms with E-state index in [4.69, 9.17) is 0 Å². The average Bonchev–Trinajstić information content (AvgIpc) is 3.01. The van der Waals surface area contributed by atoms with Crippen LogP contribution in [0.15, 0.2) is 108 Å². The zero-order chi connectivity index (χ0) is 30.5. The molecule has 0 unspecified atom stereocenters. The van der Waals surface area contributed by atoms with Gasteiger partial charge < -0.3 is 4.48 Å². The molecule has 226 valence electrons. The van der Waals surface area contributed by atoms with Crippen LogP contribution in [0.25, 0.3) is 21.5 Å². The lowest BCUT2D eigenvalue weighted by Gasteiger charge is -2.43. The van der Waals surface area contributed by atoms with Crippen molar-refractivity contribution in [1.82, 2.24) is 4.31 Å². The molecule has 5 aromatic carbocycles. The summed E-state index contributed by atoms with van der Waals surface area (Å²) in [5.74, 6) is 0. The molecule has 0 aliphatic carbocycles. The molecule has 0 radical (unpaired) electrons. The van der Waals surface area contributed by atoms with E-state index < -0.39 is 10.8 Å². The van der Waals surface area contributed by atoms with Crippen molar-refractivity contribution in [2.45, 2.75) is 58.5 Å². The van der Waals surface area contributed by atoms with Crippen molar-refractivity contribution in [3.05, 3.63) is 125 Å². The summed E-state index contributed by atoms with van der Waals surface area (Å²) in [7, 11) is -3.20. The average molecular weight is 596 g/mol. The summed E-state index contributed by atoms with van der Waals surface area (Å²) < 4.78 is 26.6. The maximum atomic E-state index is 11.8. The van der Waals surface area contributed by atoms with Crippen molar-refractivity contribution in [2.24, 2.45) is 0 Å². The largest absolute Gasteiger partial charge is 0.320 e. The molecule has 0 saturated carbocycles. The van der Waals surface area contributed by atoms with Crippen LogP contribution in [0.3, 0.4) is 0 Å². The zero-order valence-corrected chi connectivity index (χ0v) is 27.0. The first-order chi connectivity index (χ1) is 20.7. The Hall–Kier alpha value is -3.19. The Balaban J connectivity index is 1.36. The highest BCUT2D eigenvalue weighted by atomic mass is 32.3. The molecule has 0 aliphatic rings. The van der Waals surface area contributed by atoms with E-state index >= 15 is 0 Å². The first-order valence-electron chi connectivity index (χ1n) is 15.6. The topological polar surface area (TPSA) is 43.7 Å². The smallest absolute Gasteiger partial charge is 0.104 e. The van der Waals surface area contributed by atoms with E-state index in [1.807, 2.05) is 40.7 Å². The van der Waals surface area contributed by atoms with Crippen molar-refractivity contribution >= 4 is 32.3 Å². The van der Waals surface area contributed by atoms with E-state index in [2.05, 4.69) is 94.4 Å². The van der Waals surface area contributed by atoms with E-state index in [9.17, 15) is 9.11 Å². The van der Waals surface area contributed by atoms with E-state index in [0.29, 0.717) is 18.0 Å². The number of nitrogens with zero attached hydrogens (tertiary/aromatic N) is 2. The molecule has 5 aromatic rings. The molecule has 0 amide bonds. The second kappa shape index (κ2) is 13.6. The van der Waals surface area contributed by atoms with Gasteiger partial charge in [0.25, 0.3) is 0 Å². The van der Waals surface area contributed by atoms with Gasteiger partial charge in [-0.15, -0.1) is 10.8 Å². The van der Waals surface area contributed by atoms with Crippen molar-refractivity contribution in [2.75, 3.05) is 26.2 Å². The standard InChI is InChI=1S/C38H46N2O2S/c1-5-40(6-2,29-33-24-30(3)23-31(4)25-33)22-12-11-21-39(28-32-17-18-34-13-7-9-15-36(34)26-32)43(41,42)38-20-19-35-14-8-10-16-37(35)27-38/h7-10,13-20,23-27H,5-6,11-12,21-22,28-29H2,1-4H3,(H-,41,42)/p+1. The van der Waals surface area contributed by atoms with Gasteiger partial charge in [0.1, 0.15) is 6.54 Å². The fraction of sp³-hybridized carbons (Fsp3) is 0.316. The van der Waals surface area contributed by atoms with Crippen LogP contribution >= 0.6 is 10.8 Å². The fourth-order valence-electron chi connectivity index (χ4n) is 6.45. The number of unbranched alkanes of at least 4 members (excludes halogenated alkanes) is 1. The van der Waals surface area contributed by atoms with Crippen molar-refractivity contribution < 1.29 is 13.6 Å². The molecular formula is C38H47N2O2S+. The van der Waals surface area contributed by atoms with Crippen molar-refractivity contribution in [1.29, 1.82) is 0 Å². The molecule has 0 spiro atoms. The zero-order valence-electron chi connectivity index (χ0n) is 26.2. The Kier molecular flexibility index (Phi) is 9.90. The number of quaternary nitrogens is 1. The van der Waals surface area contributed by atoms with Gasteiger partial charge in [-0.2, -0.15) is 4.31 Å². The molecule has 5 rings (SSSR count). The SMILES string of the molecule is CC[N+](CC)(CCCCN(Cc1ccc2ccccc2c1)S(O)(O)c1ccc2ccccc2c1)Cc1cc(C)cc(C)c1. The first kappa shape index (κ1) is 31.2. The molecule has 4 nitrogen and oxygen atoms in total. The third-order valence-corrected chi connectivity index (χ3v) is 10.9. The minimum absolute atomic E-state index is 0.476. The summed E-state index contributed by atoms with van der Waals surface area (Å²) in [6.07, 6.45) is 1.91. The third-order valence-electron chi connectivity index (χ3n) is 9.00. The molecule has 5 heteroatoms. The van der Waals surface area contributed by atoms with Gasteiger partial charge in [0.2, 0.25) is 0 Å². The molecule has 0 aliphatic heterocycles. The molecule has 2 N–H and O–H groups in total. The van der Waals surface area contributed by atoms with Crippen LogP contribution in [0, 0.1) is 13.8 Å². The second-order valence-corrected chi connectivity index (χ2v) is 14.2. The van der Waals surface area contributed by atoms with Crippen LogP contribution in [0.2, 0.25) is 0 Å². The Labute approximate surface area is 259 Å². The molecule has 43 heavy (non-hydrogen) atoms. The van der Waals surface area contributed by atoms with Crippen LogP contribution in [-0.2, 0) is 13.1 Å². The molecule has 0 heterocycles. The van der Waals surface area contributed by atoms with Gasteiger partial charge >= 0.3 is 0 Å². The van der Waals surface area contributed by atoms with E-state index in [1.54, 1.807) is 0 Å². The Morgan fingerprint density at radius 3 is 1.84 bits per heavy atom. The van der Waals surface area contributed by atoms with Gasteiger partial charge in [-0.3, -0.25) is 9.11 Å². The Bertz CT molecular complexity index is 1660. The predicted molar refractivity (Wildman–Crippen MR) is 184 cm³/mol. The molecule has 0 aromatic heterocycles. The van der Waals surface area contributed by atoms with Crippen molar-refractivity contribution in [3.8, 4) is 0 Å². The summed E-state index contributed by atoms with van der Waals surface area (Å²) in [4.78, 5) is 0.578. The third kappa shape index (κ3) is 7.49. The van der Waals surface area contributed by atoms with Crippen LogP contribution < -0.4 is 0 Å². The lowest BCUT2D eigenvalue weighted by atomic mass is 10.1. The number of fused-ring (bicyclic) bond motifs is 2. The number of rotatable bonds is 13. The monoisotopic (exact) mass is 595 g/mol. The summed E-state index contributed by atoms with van der Waals surface area (Å²) in [5, 5.41) is 4.47. The van der Waals surface area contributed by atoms with E-state index in [1.165, 1.54) is 27.5 Å². The van der Waals surface area contributed by atoms with E-state index in [-0.39, 0.29) is 0 Å². The lowest BCUT2D eigenvalue weighted by Crippen LogP contribution is -2.47. The van der Waals surface area contributed by atoms with Crippen LogP contribution in [0.4, 0.5) is 0 Å². The summed E-state index contributed by atoms with van der Waals surface area (Å²) in [6, 6.07) is 35.6. The minimum atomic E-state index is -3.20. The normalized spacial score (nSPS) is 12.8. The summed E-state index contributed by atoms with van der Waals surface area (Å²) in [5.41, 5.74) is 5.14. The number of hydrogen-bond acceptors (Lipinski definition) is 3. The minimum Gasteiger partial charge on any atom is -0.320 e. The predicted octanol–water partition coefficient (Wildman–Crippen LogP) is 9.97. The molecule has 0 bridgehead atoms. The van der Waals surface area contributed by atoms with Gasteiger partial charge in [-0.25, -0.2) is 0 Å². The Morgan fingerprint density at radius 2 is 1.21 bits per heavy atom. The molecule has 0 fully saturated rings. The number of hydrogen-bond donors (Lipinski definition) is 2. The molecule has 0 atom stereocenters. The fourth-order valence-corrected chi connectivity index (χ4v) is 8.00. The Morgan fingerprint density at radius 1 is 0.628 bits per heavy atom. The second-order valence-electron chi connectivity index (χ2n) is 12.1. The van der Waals surface area contributed by atoms with Crippen LogP contribution in [-0.4, -0.2) is 44.1 Å². The van der Waals surface area contributed by atoms with Gasteiger partial charge in [-0.1, -0.05) is 96.1 Å². The van der Waals surface area contributed by atoms with E-state index in [0.717, 1.165) is 59.8 Å². The summed E-state index contributed by atoms with van der Waals surface area (Å²) >= 11 is 0. The van der Waals surface area contributed by atoms with Crippen LogP contribution in [0.1, 0.15) is 48.9 Å². The quantitative estimate of drug-likeness (QED) is 0.105. The van der Waals surface area contributed by atoms with Gasteiger partial charge in [-0.05, 0) is 85.8 Å². The van der Waals surface area contributed by atoms with Crippen LogP contribution in [0.5, 0.6) is 0 Å². The highest BCUT2D eigenvalue weighted by Crippen LogP contribution is 2.53. The van der Waals surface area contributed by atoms with Gasteiger partial charge in [0.05, 0.1) is 24.5 Å². The maximum absolute atomic E-state index is 11.8. The lowest BCUT2D eigenvalue weighted by molar-refractivity contribution is -0.938. The molecule has 0 saturated heterocycles. The molecular weight excluding hydrogens is 548 g/mol. The summed E-state index contributed by atoms with van der Waals surface area (Å²) in [6.45, 7) is 14.3. The van der Waals surface area contributed by atoms with Gasteiger partial charge in [0, 0.05) is 18.7 Å². The highest BCUT2D eigenvalue weighted by Gasteiger charge is 2.27.